The van der Waals surface area contributed by atoms with E-state index in [-0.39, 0.29) is 0 Å². The third-order valence-electron chi connectivity index (χ3n) is 2.55. The van der Waals surface area contributed by atoms with Gasteiger partial charge >= 0.3 is 0 Å². The zero-order valence-electron chi connectivity index (χ0n) is 9.36. The average Bonchev–Trinajstić information content (AvgIpc) is 2.60. The number of imidazole rings is 1. The van der Waals surface area contributed by atoms with E-state index in [0.29, 0.717) is 0 Å². The summed E-state index contributed by atoms with van der Waals surface area (Å²) in [6.45, 7) is 0.832. The summed E-state index contributed by atoms with van der Waals surface area (Å²) >= 11 is 0. The zero-order chi connectivity index (χ0) is 10.8. The number of hydrogen-bond acceptors (Lipinski definition) is 3. The van der Waals surface area contributed by atoms with Crippen molar-refractivity contribution in [2.45, 2.75) is 0 Å². The van der Waals surface area contributed by atoms with Gasteiger partial charge in [-0.25, -0.2) is 4.98 Å². The number of rotatable bonds is 3. The molecule has 0 saturated carbocycles. The molecule has 0 unspecified atom stereocenters. The molecule has 0 aliphatic heterocycles. The van der Waals surface area contributed by atoms with Gasteiger partial charge in [-0.2, -0.15) is 0 Å². The Hall–Kier alpha value is -1.55. The summed E-state index contributed by atoms with van der Waals surface area (Å²) in [6, 6.07) is 6.32. The molecule has 1 aromatic heterocycles. The fourth-order valence-corrected chi connectivity index (χ4v) is 1.69. The molecule has 15 heavy (non-hydrogen) atoms. The van der Waals surface area contributed by atoms with E-state index in [0.717, 1.165) is 17.7 Å². The standard InChI is InChI=1S/C11H16N4/c1-12-7-14(2)9-4-5-11-10(6-9)13-8-15(11)3/h4-6,8,12H,7H2,1-3H3. The van der Waals surface area contributed by atoms with Crippen molar-refractivity contribution >= 4 is 16.7 Å². The maximum atomic E-state index is 4.34. The van der Waals surface area contributed by atoms with E-state index in [1.807, 2.05) is 25.0 Å². The van der Waals surface area contributed by atoms with Crippen molar-refractivity contribution in [3.05, 3.63) is 24.5 Å². The summed E-state index contributed by atoms with van der Waals surface area (Å²) in [5.74, 6) is 0. The minimum atomic E-state index is 0.832. The van der Waals surface area contributed by atoms with Crippen LogP contribution in [0, 0.1) is 0 Å². The van der Waals surface area contributed by atoms with Crippen molar-refractivity contribution in [2.75, 3.05) is 25.7 Å². The molecule has 0 radical (unpaired) electrons. The topological polar surface area (TPSA) is 33.1 Å². The predicted molar refractivity (Wildman–Crippen MR) is 63.0 cm³/mol. The molecule has 0 fully saturated rings. The van der Waals surface area contributed by atoms with Crippen LogP contribution in [0.25, 0.3) is 11.0 Å². The molecule has 4 heteroatoms. The monoisotopic (exact) mass is 204 g/mol. The molecule has 0 amide bonds. The van der Waals surface area contributed by atoms with E-state index in [1.165, 1.54) is 5.69 Å². The highest BCUT2D eigenvalue weighted by Gasteiger charge is 2.03. The number of aromatic nitrogens is 2. The van der Waals surface area contributed by atoms with Gasteiger partial charge < -0.3 is 14.8 Å². The van der Waals surface area contributed by atoms with Crippen molar-refractivity contribution in [3.63, 3.8) is 0 Å². The molecule has 0 atom stereocenters. The zero-order valence-corrected chi connectivity index (χ0v) is 9.36. The summed E-state index contributed by atoms with van der Waals surface area (Å²) in [4.78, 5) is 6.48. The van der Waals surface area contributed by atoms with Crippen LogP contribution in [0.4, 0.5) is 5.69 Å². The first-order valence-corrected chi connectivity index (χ1v) is 4.99. The van der Waals surface area contributed by atoms with E-state index in [4.69, 9.17) is 0 Å². The lowest BCUT2D eigenvalue weighted by molar-refractivity contribution is 0.776. The minimum Gasteiger partial charge on any atom is -0.362 e. The fraction of sp³-hybridized carbons (Fsp3) is 0.364. The van der Waals surface area contributed by atoms with Gasteiger partial charge in [0.15, 0.2) is 0 Å². The first-order chi connectivity index (χ1) is 7.22. The molecule has 1 aromatic carbocycles. The summed E-state index contributed by atoms with van der Waals surface area (Å²) < 4.78 is 2.02. The van der Waals surface area contributed by atoms with Crippen LogP contribution in [-0.4, -0.2) is 30.3 Å². The predicted octanol–water partition coefficient (Wildman–Crippen LogP) is 1.19. The molecule has 2 rings (SSSR count). The van der Waals surface area contributed by atoms with E-state index in [9.17, 15) is 0 Å². The Balaban J connectivity index is 2.38. The Bertz CT molecular complexity index is 461. The summed E-state index contributed by atoms with van der Waals surface area (Å²) in [5, 5.41) is 3.12. The van der Waals surface area contributed by atoms with Gasteiger partial charge in [-0.15, -0.1) is 0 Å². The molecule has 4 nitrogen and oxygen atoms in total. The fourth-order valence-electron chi connectivity index (χ4n) is 1.69. The van der Waals surface area contributed by atoms with Crippen molar-refractivity contribution in [1.29, 1.82) is 0 Å². The number of benzene rings is 1. The molecule has 1 heterocycles. The van der Waals surface area contributed by atoms with E-state index >= 15 is 0 Å². The van der Waals surface area contributed by atoms with Crippen molar-refractivity contribution < 1.29 is 0 Å². The number of anilines is 1. The lowest BCUT2D eigenvalue weighted by Crippen LogP contribution is -2.28. The molecular formula is C11H16N4. The van der Waals surface area contributed by atoms with Gasteiger partial charge in [0, 0.05) is 19.8 Å². The van der Waals surface area contributed by atoms with Crippen LogP contribution in [0.1, 0.15) is 0 Å². The summed E-state index contributed by atoms with van der Waals surface area (Å²) in [6.07, 6.45) is 1.84. The molecule has 2 aromatic rings. The number of hydrogen-bond donors (Lipinski definition) is 1. The number of nitrogens with zero attached hydrogens (tertiary/aromatic N) is 3. The Morgan fingerprint density at radius 2 is 2.27 bits per heavy atom. The van der Waals surface area contributed by atoms with E-state index < -0.39 is 0 Å². The highest BCUT2D eigenvalue weighted by Crippen LogP contribution is 2.19. The second-order valence-corrected chi connectivity index (χ2v) is 3.74. The maximum Gasteiger partial charge on any atom is 0.0955 e. The minimum absolute atomic E-state index is 0.832. The molecule has 0 aliphatic carbocycles. The lowest BCUT2D eigenvalue weighted by atomic mass is 10.2. The first-order valence-electron chi connectivity index (χ1n) is 4.99. The third kappa shape index (κ3) is 1.80. The van der Waals surface area contributed by atoms with Gasteiger partial charge in [-0.3, -0.25) is 0 Å². The van der Waals surface area contributed by atoms with Crippen molar-refractivity contribution in [3.8, 4) is 0 Å². The van der Waals surface area contributed by atoms with Gasteiger partial charge in [-0.05, 0) is 25.2 Å². The second-order valence-electron chi connectivity index (χ2n) is 3.74. The quantitative estimate of drug-likeness (QED) is 0.762. The Morgan fingerprint density at radius 1 is 1.47 bits per heavy atom. The maximum absolute atomic E-state index is 4.34. The van der Waals surface area contributed by atoms with Crippen LogP contribution < -0.4 is 10.2 Å². The van der Waals surface area contributed by atoms with Gasteiger partial charge in [-0.1, -0.05) is 0 Å². The van der Waals surface area contributed by atoms with Crippen LogP contribution >= 0.6 is 0 Å². The summed E-state index contributed by atoms with van der Waals surface area (Å²) in [7, 11) is 6.00. The smallest absolute Gasteiger partial charge is 0.0955 e. The van der Waals surface area contributed by atoms with Crippen LogP contribution in [0.3, 0.4) is 0 Å². The normalized spacial score (nSPS) is 10.9. The van der Waals surface area contributed by atoms with Crippen LogP contribution in [0.2, 0.25) is 0 Å². The Kier molecular flexibility index (Phi) is 2.60. The first kappa shape index (κ1) is 9.98. The molecule has 0 saturated heterocycles. The number of aryl methyl sites for hydroxylation is 1. The highest BCUT2D eigenvalue weighted by atomic mass is 15.2. The molecule has 80 valence electrons. The van der Waals surface area contributed by atoms with Gasteiger partial charge in [0.2, 0.25) is 0 Å². The summed E-state index contributed by atoms with van der Waals surface area (Å²) in [5.41, 5.74) is 3.38. The van der Waals surface area contributed by atoms with Crippen LogP contribution in [0.15, 0.2) is 24.5 Å². The van der Waals surface area contributed by atoms with Gasteiger partial charge in [0.25, 0.3) is 0 Å². The third-order valence-corrected chi connectivity index (χ3v) is 2.55. The number of nitrogens with one attached hydrogen (secondary N) is 1. The van der Waals surface area contributed by atoms with Crippen LogP contribution in [-0.2, 0) is 7.05 Å². The SMILES string of the molecule is CNCN(C)c1ccc2c(c1)ncn2C. The molecule has 0 bridgehead atoms. The molecule has 1 N–H and O–H groups in total. The Morgan fingerprint density at radius 3 is 3.00 bits per heavy atom. The van der Waals surface area contributed by atoms with Crippen molar-refractivity contribution in [2.24, 2.45) is 7.05 Å². The van der Waals surface area contributed by atoms with E-state index in [2.05, 4.69) is 40.4 Å². The molecular weight excluding hydrogens is 188 g/mol. The van der Waals surface area contributed by atoms with Gasteiger partial charge in [0.05, 0.1) is 24.0 Å². The van der Waals surface area contributed by atoms with Crippen molar-refractivity contribution in [1.82, 2.24) is 14.9 Å². The largest absolute Gasteiger partial charge is 0.362 e. The Labute approximate surface area is 89.5 Å². The highest BCUT2D eigenvalue weighted by molar-refractivity contribution is 5.79. The van der Waals surface area contributed by atoms with Gasteiger partial charge in [0.1, 0.15) is 0 Å². The van der Waals surface area contributed by atoms with E-state index in [1.54, 1.807) is 0 Å². The average molecular weight is 204 g/mol. The van der Waals surface area contributed by atoms with Crippen LogP contribution in [0.5, 0.6) is 0 Å². The number of fused-ring (bicyclic) bond motifs is 1. The second kappa shape index (κ2) is 3.90. The molecule has 0 spiro atoms. The molecule has 0 aliphatic rings. The lowest BCUT2D eigenvalue weighted by Gasteiger charge is -2.18.